The second-order valence-corrected chi connectivity index (χ2v) is 27.9. The zero-order valence-electron chi connectivity index (χ0n) is 50.3. The topological polar surface area (TPSA) is 311 Å². The number of aryl methyl sites for hydroxylation is 3. The third-order valence-electron chi connectivity index (χ3n) is 14.9. The van der Waals surface area contributed by atoms with Crippen molar-refractivity contribution in [1.29, 1.82) is 0 Å². The van der Waals surface area contributed by atoms with E-state index in [4.69, 9.17) is 65.4 Å². The van der Waals surface area contributed by atoms with Crippen LogP contribution in [0, 0.1) is 26.7 Å². The molecule has 8 heterocycles. The standard InChI is InChI=1S/C14H18O5S.C13H15BrO5S.C13H16O5S.C9H10O2.C7H12O2.C6H10O4/c1-9-3-5-11(6-4-9)20(15,16)19-12-8-18-13-10(2)7-17-14(12)13;1-8-2-4-9(5-3-8)20(15,16)19-11-7-18-12-10(14)6-17-13(11)12;1-10-4-6-11(7-5-10)19(15,16)18-13(9-14)12-3-2-8-17-12;1-8(10)11-7-9-5-3-2-4-6-9;1-2-6(8)7-4-3-5-9-7;7-3-1-9-6-4(8)2-10-5(3)6/h3-6,10,12-14H,7-8H2,1-2H3;2-5,10-13H,6-7H2,1H3;2-7,12-14H,8-9H2,1H3;2-6H,7H2,1H3;3-4,6-8H,2,5H2,1H3;3-8H,1-2H2/t10-,12+,13-,14-;10-,11-,12+,13+;12-,13-;;6-,7+;3-,4+,5-,6-/m100.11/s1. The molecule has 27 heteroatoms. The first-order valence-electron chi connectivity index (χ1n) is 29.1. The Morgan fingerprint density at radius 3 is 1.44 bits per heavy atom. The van der Waals surface area contributed by atoms with E-state index in [2.05, 4.69) is 15.9 Å². The maximum Gasteiger partial charge on any atom is 0.302 e. The minimum atomic E-state index is -3.90. The number of aliphatic hydroxyl groups excluding tert-OH is 4. The number of hydrogen-bond donors (Lipinski definition) is 4. The molecule has 0 spiro atoms. The molecule has 0 aliphatic carbocycles. The predicted octanol–water partition coefficient (Wildman–Crippen LogP) is 5.12. The average Bonchev–Trinajstić information content (AvgIpc) is 2.90. The van der Waals surface area contributed by atoms with Gasteiger partial charge in [0.05, 0.1) is 91.2 Å². The number of ether oxygens (including phenoxy) is 9. The van der Waals surface area contributed by atoms with Crippen LogP contribution in [-0.2, 0) is 96.9 Å². The van der Waals surface area contributed by atoms with Gasteiger partial charge in [0.25, 0.3) is 30.4 Å². The fourth-order valence-electron chi connectivity index (χ4n) is 9.94. The molecular weight excluding hydrogens is 1290 g/mol. The molecule has 0 bridgehead atoms. The molecule has 492 valence electrons. The maximum absolute atomic E-state index is 12.2. The lowest BCUT2D eigenvalue weighted by Crippen LogP contribution is -2.33. The van der Waals surface area contributed by atoms with E-state index in [1.165, 1.54) is 19.1 Å². The summed E-state index contributed by atoms with van der Waals surface area (Å²) >= 11 is 3.45. The summed E-state index contributed by atoms with van der Waals surface area (Å²) in [5.41, 5.74) is 3.97. The first-order valence-corrected chi connectivity index (χ1v) is 34.3. The maximum atomic E-state index is 12.2. The summed E-state index contributed by atoms with van der Waals surface area (Å²) in [7, 11) is -11.5. The van der Waals surface area contributed by atoms with Gasteiger partial charge in [0.2, 0.25) is 0 Å². The van der Waals surface area contributed by atoms with Crippen molar-refractivity contribution in [3.8, 4) is 0 Å². The van der Waals surface area contributed by atoms with Crippen molar-refractivity contribution in [3.05, 3.63) is 150 Å². The SMILES string of the molecule is CC(=O)OCc1ccccc1.CC[C@@H](O)[C@@H]1C=CCO1.Cc1ccc(S(=O)(=O)O[C@@H](CO)[C@@H]2C=CCO2)cc1.Cc1ccc(S(=O)(=O)O[C@H]2CO[C@H]3[C@@H]2OC[C@@H]3Br)cc1.Cc1ccc(S(=O)(=O)O[C@H]2CO[C@H]3[C@@H]2OC[C@H]3C)cc1.O[C@@H]1CO[C@H]2[C@@H]1OC[C@@H]2O. The van der Waals surface area contributed by atoms with Gasteiger partial charge in [-0.05, 0) is 69.2 Å². The number of carbonyl (C=O) groups is 1. The Morgan fingerprint density at radius 2 is 0.989 bits per heavy atom. The van der Waals surface area contributed by atoms with Crippen molar-refractivity contribution in [2.45, 2.75) is 160 Å². The van der Waals surface area contributed by atoms with E-state index in [9.17, 15) is 40.3 Å². The Bertz CT molecular complexity index is 3110. The highest BCUT2D eigenvalue weighted by Crippen LogP contribution is 2.36. The molecule has 4 aromatic carbocycles. The predicted molar refractivity (Wildman–Crippen MR) is 325 cm³/mol. The number of rotatable bonds is 15. The summed E-state index contributed by atoms with van der Waals surface area (Å²) in [5, 5.41) is 36.7. The summed E-state index contributed by atoms with van der Waals surface area (Å²) in [6.45, 7) is 14.2. The molecule has 8 aliphatic heterocycles. The number of benzene rings is 4. The van der Waals surface area contributed by atoms with Gasteiger partial charge in [-0.2, -0.15) is 25.3 Å². The van der Waals surface area contributed by atoms with E-state index in [1.54, 1.807) is 72.8 Å². The highest BCUT2D eigenvalue weighted by molar-refractivity contribution is 9.09. The van der Waals surface area contributed by atoms with Crippen molar-refractivity contribution < 1.29 is 106 Å². The highest BCUT2D eigenvalue weighted by atomic mass is 79.9. The second kappa shape index (κ2) is 33.9. The van der Waals surface area contributed by atoms with Gasteiger partial charge in [0.15, 0.2) is 0 Å². The zero-order valence-corrected chi connectivity index (χ0v) is 54.3. The van der Waals surface area contributed by atoms with Crippen LogP contribution in [0.2, 0.25) is 0 Å². The van der Waals surface area contributed by atoms with Gasteiger partial charge in [0.1, 0.15) is 79.9 Å². The fourth-order valence-corrected chi connectivity index (χ4v) is 13.8. The molecule has 16 atom stereocenters. The molecule has 12 rings (SSSR count). The van der Waals surface area contributed by atoms with E-state index in [-0.39, 0.29) is 107 Å². The minimum Gasteiger partial charge on any atom is -0.461 e. The van der Waals surface area contributed by atoms with Crippen molar-refractivity contribution in [3.63, 3.8) is 0 Å². The molecule has 4 aromatic rings. The number of hydrogen-bond acceptors (Lipinski definition) is 23. The first kappa shape index (κ1) is 72.0. The number of aliphatic hydroxyl groups is 4. The van der Waals surface area contributed by atoms with E-state index < -0.39 is 73.6 Å². The Kier molecular flexibility index (Phi) is 27.4. The van der Waals surface area contributed by atoms with Crippen LogP contribution in [0.15, 0.2) is 142 Å². The zero-order chi connectivity index (χ0) is 64.5. The Hall–Kier alpha value is -4.44. The van der Waals surface area contributed by atoms with E-state index in [0.29, 0.717) is 33.0 Å². The summed E-state index contributed by atoms with van der Waals surface area (Å²) < 4.78 is 136. The van der Waals surface area contributed by atoms with Crippen LogP contribution < -0.4 is 0 Å². The molecule has 89 heavy (non-hydrogen) atoms. The molecule has 6 saturated heterocycles. The van der Waals surface area contributed by atoms with Crippen molar-refractivity contribution in [1.82, 2.24) is 0 Å². The van der Waals surface area contributed by atoms with Gasteiger partial charge >= 0.3 is 5.97 Å². The lowest BCUT2D eigenvalue weighted by molar-refractivity contribution is -0.142. The minimum absolute atomic E-state index is 0.0463. The molecule has 0 amide bonds. The molecule has 0 unspecified atom stereocenters. The summed E-state index contributed by atoms with van der Waals surface area (Å²) in [5.74, 6) is 0.0320. The molecule has 0 radical (unpaired) electrons. The summed E-state index contributed by atoms with van der Waals surface area (Å²) in [6.07, 6.45) is 2.55. The normalized spacial score (nSPS) is 29.4. The van der Waals surface area contributed by atoms with Crippen LogP contribution in [0.3, 0.4) is 0 Å². The quantitative estimate of drug-likeness (QED) is 0.0520. The number of carbonyl (C=O) groups excluding carboxylic acids is 1. The fraction of sp³-hybridized carbons (Fsp3) is 0.532. The number of fused-ring (bicyclic) bond motifs is 3. The number of alkyl halides is 1. The number of halogens is 1. The summed E-state index contributed by atoms with van der Waals surface area (Å²) in [4.78, 5) is 10.9. The van der Waals surface area contributed by atoms with Crippen LogP contribution in [-0.4, -0.2) is 201 Å². The molecule has 0 aromatic heterocycles. The monoisotopic (exact) mass is 1370 g/mol. The van der Waals surface area contributed by atoms with E-state index in [0.717, 1.165) is 28.7 Å². The van der Waals surface area contributed by atoms with E-state index >= 15 is 0 Å². The smallest absolute Gasteiger partial charge is 0.302 e. The molecule has 4 N–H and O–H groups in total. The van der Waals surface area contributed by atoms with Gasteiger partial charge in [-0.3, -0.25) is 17.3 Å². The first-order chi connectivity index (χ1) is 42.4. The van der Waals surface area contributed by atoms with Gasteiger partial charge in [-0.25, -0.2) is 0 Å². The van der Waals surface area contributed by atoms with Crippen LogP contribution in [0.4, 0.5) is 0 Å². The third-order valence-corrected chi connectivity index (χ3v) is 19.8. The average molecular weight is 1370 g/mol. The van der Waals surface area contributed by atoms with Crippen LogP contribution >= 0.6 is 15.9 Å². The Balaban J connectivity index is 0.000000156. The van der Waals surface area contributed by atoms with Gasteiger partial charge in [0, 0.05) is 12.8 Å². The molecule has 6 fully saturated rings. The molecule has 8 aliphatic rings. The Labute approximate surface area is 529 Å². The van der Waals surface area contributed by atoms with Crippen LogP contribution in [0.1, 0.15) is 49.4 Å². The van der Waals surface area contributed by atoms with Crippen LogP contribution in [0.25, 0.3) is 0 Å². The Morgan fingerprint density at radius 1 is 0.562 bits per heavy atom. The van der Waals surface area contributed by atoms with Gasteiger partial charge in [-0.15, -0.1) is 0 Å². The number of esters is 1. The van der Waals surface area contributed by atoms with Gasteiger partial charge < -0.3 is 63.1 Å². The highest BCUT2D eigenvalue weighted by Gasteiger charge is 2.50. The molecule has 0 saturated carbocycles. The van der Waals surface area contributed by atoms with Crippen LogP contribution in [0.5, 0.6) is 0 Å². The lowest BCUT2D eigenvalue weighted by Gasteiger charge is -2.20. The van der Waals surface area contributed by atoms with E-state index in [1.807, 2.05) is 77.1 Å². The lowest BCUT2D eigenvalue weighted by atomic mass is 10.0. The third kappa shape index (κ3) is 20.8. The largest absolute Gasteiger partial charge is 0.461 e. The van der Waals surface area contributed by atoms with Gasteiger partial charge in [-0.1, -0.05) is 138 Å². The second-order valence-electron chi connectivity index (χ2n) is 22.0. The molecular formula is C62H81BrO23S3. The van der Waals surface area contributed by atoms with Crippen molar-refractivity contribution in [2.24, 2.45) is 5.92 Å². The van der Waals surface area contributed by atoms with Crippen molar-refractivity contribution >= 4 is 52.3 Å². The molecule has 23 nitrogen and oxygen atoms in total. The van der Waals surface area contributed by atoms with Crippen molar-refractivity contribution in [2.75, 3.05) is 59.5 Å². The summed E-state index contributed by atoms with van der Waals surface area (Å²) in [6, 6.07) is 29.1.